The predicted molar refractivity (Wildman–Crippen MR) is 61.3 cm³/mol. The Balaban J connectivity index is 2.17. The van der Waals surface area contributed by atoms with Gasteiger partial charge >= 0.3 is 0 Å². The Morgan fingerprint density at radius 2 is 2.27 bits per heavy atom. The van der Waals surface area contributed by atoms with Crippen molar-refractivity contribution in [3.8, 4) is 0 Å². The fourth-order valence-corrected chi connectivity index (χ4v) is 3.31. The zero-order valence-electron chi connectivity index (χ0n) is 9.07. The van der Waals surface area contributed by atoms with Gasteiger partial charge in [-0.15, -0.1) is 5.10 Å². The summed E-state index contributed by atoms with van der Waals surface area (Å²) in [5, 5.41) is 4.15. The van der Waals surface area contributed by atoms with Crippen LogP contribution in [0.5, 0.6) is 0 Å². The van der Waals surface area contributed by atoms with Crippen LogP contribution in [0.15, 0.2) is 0 Å². The van der Waals surface area contributed by atoms with E-state index in [4.69, 9.17) is 5.84 Å². The van der Waals surface area contributed by atoms with E-state index in [1.54, 1.807) is 0 Å². The first-order chi connectivity index (χ1) is 7.36. The fraction of sp³-hybridized carbons (Fsp3) is 0.800. The lowest BCUT2D eigenvalue weighted by Gasteiger charge is -2.21. The molecule has 0 aromatic carbocycles. The summed E-state index contributed by atoms with van der Waals surface area (Å²) in [6.07, 6.45) is 6.15. The van der Waals surface area contributed by atoms with Gasteiger partial charge in [-0.25, -0.2) is 0 Å². The van der Waals surface area contributed by atoms with Gasteiger partial charge in [0, 0.05) is 0 Å². The average Bonchev–Trinajstić information content (AvgIpc) is 2.89. The van der Waals surface area contributed by atoms with Crippen molar-refractivity contribution in [1.29, 1.82) is 0 Å². The molecule has 0 bridgehead atoms. The molecule has 1 aliphatic carbocycles. The van der Waals surface area contributed by atoms with Gasteiger partial charge < -0.3 is 0 Å². The Kier molecular flexibility index (Phi) is 3.66. The number of hydrogen-bond acceptors (Lipinski definition) is 5. The highest BCUT2D eigenvalue weighted by Gasteiger charge is 2.28. The van der Waals surface area contributed by atoms with Crippen molar-refractivity contribution < 1.29 is 0 Å². The molecule has 4 nitrogen and oxygen atoms in total. The van der Waals surface area contributed by atoms with Crippen molar-refractivity contribution >= 4 is 11.5 Å². The monoisotopic (exact) mass is 226 g/mol. The van der Waals surface area contributed by atoms with Gasteiger partial charge in [0.2, 0.25) is 0 Å². The van der Waals surface area contributed by atoms with E-state index in [9.17, 15) is 0 Å². The summed E-state index contributed by atoms with van der Waals surface area (Å²) < 4.78 is 4.03. The molecule has 1 atom stereocenters. The van der Waals surface area contributed by atoms with E-state index in [0.29, 0.717) is 5.92 Å². The summed E-state index contributed by atoms with van der Waals surface area (Å²) in [5.41, 5.74) is 4.06. The molecule has 1 aromatic rings. The van der Waals surface area contributed by atoms with Gasteiger partial charge in [-0.2, -0.15) is 0 Å². The summed E-state index contributed by atoms with van der Waals surface area (Å²) in [4.78, 5) is 1.24. The zero-order chi connectivity index (χ0) is 10.7. The van der Waals surface area contributed by atoms with Crippen molar-refractivity contribution in [2.24, 2.45) is 11.8 Å². The average molecular weight is 226 g/mol. The van der Waals surface area contributed by atoms with E-state index in [2.05, 4.69) is 21.9 Å². The molecule has 0 radical (unpaired) electrons. The van der Waals surface area contributed by atoms with E-state index in [-0.39, 0.29) is 6.04 Å². The molecule has 5 heteroatoms. The van der Waals surface area contributed by atoms with Gasteiger partial charge in [-0.1, -0.05) is 24.3 Å². The highest BCUT2D eigenvalue weighted by atomic mass is 32.1. The lowest BCUT2D eigenvalue weighted by molar-refractivity contribution is 0.376. The third-order valence-corrected chi connectivity index (χ3v) is 4.10. The van der Waals surface area contributed by atoms with E-state index in [1.807, 2.05) is 0 Å². The molecule has 1 heterocycles. The number of hydrazine groups is 1. The Labute approximate surface area is 94.4 Å². The number of nitrogens with one attached hydrogen (secondary N) is 1. The molecule has 3 N–H and O–H groups in total. The molecule has 1 aliphatic rings. The van der Waals surface area contributed by atoms with Gasteiger partial charge in [0.25, 0.3) is 0 Å². The van der Waals surface area contributed by atoms with Crippen molar-refractivity contribution in [3.05, 3.63) is 10.6 Å². The lowest BCUT2D eigenvalue weighted by atomic mass is 9.96. The molecule has 1 saturated carbocycles. The minimum absolute atomic E-state index is 0.266. The van der Waals surface area contributed by atoms with Crippen molar-refractivity contribution in [1.82, 2.24) is 15.0 Å². The summed E-state index contributed by atoms with van der Waals surface area (Å²) >= 11 is 1.49. The van der Waals surface area contributed by atoms with E-state index >= 15 is 0 Å². The van der Waals surface area contributed by atoms with Crippen molar-refractivity contribution in [2.45, 2.75) is 45.1 Å². The zero-order valence-corrected chi connectivity index (χ0v) is 9.89. The molecule has 84 valence electrons. The molecule has 1 aromatic heterocycles. The second-order valence-electron chi connectivity index (χ2n) is 4.13. The van der Waals surface area contributed by atoms with Gasteiger partial charge in [-0.05, 0) is 36.7 Å². The Bertz CT molecular complexity index is 306. The third-order valence-electron chi connectivity index (χ3n) is 3.25. The molecule has 15 heavy (non-hydrogen) atoms. The van der Waals surface area contributed by atoms with E-state index in [1.165, 1.54) is 42.1 Å². The number of aromatic nitrogens is 2. The van der Waals surface area contributed by atoms with Crippen molar-refractivity contribution in [3.63, 3.8) is 0 Å². The summed E-state index contributed by atoms with van der Waals surface area (Å²) in [6.45, 7) is 2.11. The quantitative estimate of drug-likeness (QED) is 0.607. The van der Waals surface area contributed by atoms with Crippen LogP contribution in [0.4, 0.5) is 0 Å². The van der Waals surface area contributed by atoms with E-state index < -0.39 is 0 Å². The topological polar surface area (TPSA) is 63.8 Å². The number of hydrogen-bond donors (Lipinski definition) is 2. The first kappa shape index (κ1) is 11.0. The van der Waals surface area contributed by atoms with E-state index in [0.717, 1.165) is 12.1 Å². The minimum atomic E-state index is 0.266. The molecule has 1 unspecified atom stereocenters. The highest BCUT2D eigenvalue weighted by Crippen LogP contribution is 2.37. The largest absolute Gasteiger partial charge is 0.271 e. The molecule has 0 aliphatic heterocycles. The molecule has 0 spiro atoms. The first-order valence-electron chi connectivity index (χ1n) is 5.64. The molecular formula is C10H18N4S. The minimum Gasteiger partial charge on any atom is -0.271 e. The van der Waals surface area contributed by atoms with Gasteiger partial charge in [0.15, 0.2) is 0 Å². The standard InChI is InChI=1S/C10H18N4S/c1-2-8-10(15-14-13-8)9(12-11)7-5-3-4-6-7/h7,9,12H,2-6,11H2,1H3. The van der Waals surface area contributed by atoms with Crippen LogP contribution < -0.4 is 11.3 Å². The Morgan fingerprint density at radius 3 is 2.87 bits per heavy atom. The number of nitrogens with two attached hydrogens (primary N) is 1. The number of nitrogens with zero attached hydrogens (tertiary/aromatic N) is 2. The van der Waals surface area contributed by atoms with Crippen LogP contribution >= 0.6 is 11.5 Å². The lowest BCUT2D eigenvalue weighted by Crippen LogP contribution is -2.32. The normalized spacial score (nSPS) is 19.6. The SMILES string of the molecule is CCc1nnsc1C(NN)C1CCCC1. The summed E-state index contributed by atoms with van der Waals surface area (Å²) in [5.74, 6) is 6.34. The Hall–Kier alpha value is -0.520. The van der Waals surface area contributed by atoms with Crippen LogP contribution in [-0.4, -0.2) is 9.59 Å². The highest BCUT2D eigenvalue weighted by molar-refractivity contribution is 7.05. The van der Waals surface area contributed by atoms with Gasteiger partial charge in [0.05, 0.1) is 16.6 Å². The molecular weight excluding hydrogens is 208 g/mol. The van der Waals surface area contributed by atoms with Crippen LogP contribution in [-0.2, 0) is 6.42 Å². The predicted octanol–water partition coefficient (Wildman–Crippen LogP) is 1.80. The van der Waals surface area contributed by atoms with Crippen LogP contribution in [0.3, 0.4) is 0 Å². The summed E-state index contributed by atoms with van der Waals surface area (Å²) in [7, 11) is 0. The van der Waals surface area contributed by atoms with Crippen molar-refractivity contribution in [2.75, 3.05) is 0 Å². The fourth-order valence-electron chi connectivity index (χ4n) is 2.41. The number of aryl methyl sites for hydroxylation is 1. The molecule has 2 rings (SSSR count). The smallest absolute Gasteiger partial charge is 0.0801 e. The van der Waals surface area contributed by atoms with Gasteiger partial charge in [-0.3, -0.25) is 11.3 Å². The van der Waals surface area contributed by atoms with Crippen LogP contribution in [0.2, 0.25) is 0 Å². The second-order valence-corrected chi connectivity index (χ2v) is 4.91. The first-order valence-corrected chi connectivity index (χ1v) is 6.41. The molecule has 0 amide bonds. The summed E-state index contributed by atoms with van der Waals surface area (Å²) in [6, 6.07) is 0.266. The molecule has 1 fully saturated rings. The number of rotatable bonds is 4. The third kappa shape index (κ3) is 2.19. The maximum absolute atomic E-state index is 5.67. The maximum Gasteiger partial charge on any atom is 0.0801 e. The maximum atomic E-state index is 5.67. The second kappa shape index (κ2) is 5.01. The molecule has 0 saturated heterocycles. The van der Waals surface area contributed by atoms with Gasteiger partial charge in [0.1, 0.15) is 0 Å². The van der Waals surface area contributed by atoms with Crippen LogP contribution in [0, 0.1) is 5.92 Å². The van der Waals surface area contributed by atoms with Crippen LogP contribution in [0.25, 0.3) is 0 Å². The van der Waals surface area contributed by atoms with Crippen LogP contribution in [0.1, 0.15) is 49.2 Å². The Morgan fingerprint density at radius 1 is 1.53 bits per heavy atom.